The molecule has 1 aromatic heterocycles. The van der Waals surface area contributed by atoms with Crippen molar-refractivity contribution in [2.24, 2.45) is 5.92 Å². The Kier molecular flexibility index (Phi) is 6.63. The van der Waals surface area contributed by atoms with Gasteiger partial charge < -0.3 is 10.2 Å². The molecule has 11 heteroatoms. The topological polar surface area (TPSA) is 50.2 Å². The number of carbonyl (C=O) groups excluding carboxylic acids is 1. The van der Waals surface area contributed by atoms with Crippen LogP contribution in [0.4, 0.5) is 26.3 Å². The highest BCUT2D eigenvalue weighted by Gasteiger charge is 2.41. The van der Waals surface area contributed by atoms with Gasteiger partial charge in [-0.3, -0.25) is 4.79 Å². The smallest absolute Gasteiger partial charge is 0.352 e. The van der Waals surface area contributed by atoms with Gasteiger partial charge in [-0.25, -0.2) is 4.68 Å². The van der Waals surface area contributed by atoms with Crippen molar-refractivity contribution in [1.82, 2.24) is 20.0 Å². The standard InChI is InChI=1S/C20H22F6N4O/c1-29-9-6-13(7-10-29)5-8-27-18(31)16-12-28-30(17(16)20(24,25)26)15-4-2-3-14(11-15)19(21,22)23/h2-4,11-13H,5-10H2,1H3,(H,27,31). The molecule has 1 aliphatic rings. The zero-order valence-electron chi connectivity index (χ0n) is 16.7. The average Bonchev–Trinajstić information content (AvgIpc) is 3.15. The lowest BCUT2D eigenvalue weighted by atomic mass is 9.94. The van der Waals surface area contributed by atoms with Crippen molar-refractivity contribution in [3.8, 4) is 5.69 Å². The maximum Gasteiger partial charge on any atom is 0.434 e. The Bertz CT molecular complexity index is 913. The van der Waals surface area contributed by atoms with E-state index in [1.165, 1.54) is 0 Å². The zero-order chi connectivity index (χ0) is 22.8. The summed E-state index contributed by atoms with van der Waals surface area (Å²) in [7, 11) is 2.01. The summed E-state index contributed by atoms with van der Waals surface area (Å²) in [6.07, 6.45) is -6.45. The largest absolute Gasteiger partial charge is 0.434 e. The first-order valence-electron chi connectivity index (χ1n) is 9.76. The Hall–Kier alpha value is -2.56. The van der Waals surface area contributed by atoms with Crippen LogP contribution in [0.15, 0.2) is 30.5 Å². The first kappa shape index (κ1) is 23.1. The van der Waals surface area contributed by atoms with E-state index in [0.717, 1.165) is 50.3 Å². The summed E-state index contributed by atoms with van der Waals surface area (Å²) in [4.78, 5) is 14.6. The second-order valence-corrected chi connectivity index (χ2v) is 7.66. The van der Waals surface area contributed by atoms with Gasteiger partial charge in [0.25, 0.3) is 5.91 Å². The van der Waals surface area contributed by atoms with Crippen molar-refractivity contribution in [2.75, 3.05) is 26.7 Å². The van der Waals surface area contributed by atoms with E-state index in [4.69, 9.17) is 0 Å². The van der Waals surface area contributed by atoms with E-state index in [1.807, 2.05) is 7.05 Å². The van der Waals surface area contributed by atoms with E-state index in [1.54, 1.807) is 0 Å². The number of hydrogen-bond donors (Lipinski definition) is 1. The third kappa shape index (κ3) is 5.57. The average molecular weight is 448 g/mol. The number of aromatic nitrogens is 2. The fourth-order valence-electron chi connectivity index (χ4n) is 3.63. The molecule has 1 fully saturated rings. The van der Waals surface area contributed by atoms with Crippen LogP contribution in [0.1, 0.15) is 40.9 Å². The Balaban J connectivity index is 1.79. The second-order valence-electron chi connectivity index (χ2n) is 7.66. The minimum Gasteiger partial charge on any atom is -0.352 e. The highest BCUT2D eigenvalue weighted by Crippen LogP contribution is 2.35. The number of nitrogens with one attached hydrogen (secondary N) is 1. The van der Waals surface area contributed by atoms with Crippen molar-refractivity contribution in [3.63, 3.8) is 0 Å². The van der Waals surface area contributed by atoms with E-state index < -0.39 is 40.8 Å². The van der Waals surface area contributed by atoms with Crippen molar-refractivity contribution in [2.45, 2.75) is 31.6 Å². The van der Waals surface area contributed by atoms with Crippen molar-refractivity contribution < 1.29 is 31.1 Å². The normalized spacial score (nSPS) is 16.5. The van der Waals surface area contributed by atoms with E-state index in [-0.39, 0.29) is 6.54 Å². The third-order valence-corrected chi connectivity index (χ3v) is 5.38. The number of likely N-dealkylation sites (tertiary alicyclic amines) is 1. The molecule has 3 rings (SSSR count). The Morgan fingerprint density at radius 2 is 1.81 bits per heavy atom. The van der Waals surface area contributed by atoms with Crippen molar-refractivity contribution >= 4 is 5.91 Å². The molecule has 2 heterocycles. The lowest BCUT2D eigenvalue weighted by Gasteiger charge is -2.28. The first-order chi connectivity index (χ1) is 14.5. The molecule has 0 unspecified atom stereocenters. The van der Waals surface area contributed by atoms with Crippen molar-refractivity contribution in [1.29, 1.82) is 0 Å². The molecule has 0 saturated carbocycles. The van der Waals surface area contributed by atoms with Gasteiger partial charge in [-0.1, -0.05) is 6.07 Å². The van der Waals surface area contributed by atoms with Crippen LogP contribution in [0.2, 0.25) is 0 Å². The SMILES string of the molecule is CN1CCC(CCNC(=O)c2cnn(-c3cccc(C(F)(F)F)c3)c2C(F)(F)F)CC1. The number of rotatable bonds is 5. The summed E-state index contributed by atoms with van der Waals surface area (Å²) in [5.74, 6) is -0.579. The second kappa shape index (κ2) is 8.89. The number of nitrogens with zero attached hydrogens (tertiary/aromatic N) is 3. The highest BCUT2D eigenvalue weighted by atomic mass is 19.4. The molecule has 170 valence electrons. The lowest BCUT2D eigenvalue weighted by molar-refractivity contribution is -0.143. The molecule has 5 nitrogen and oxygen atoms in total. The quantitative estimate of drug-likeness (QED) is 0.692. The molecular weight excluding hydrogens is 426 g/mol. The van der Waals surface area contributed by atoms with Gasteiger partial charge in [-0.05, 0) is 63.5 Å². The number of amides is 1. The molecule has 1 saturated heterocycles. The van der Waals surface area contributed by atoms with Gasteiger partial charge in [0.15, 0.2) is 5.69 Å². The number of benzene rings is 1. The van der Waals surface area contributed by atoms with Crippen molar-refractivity contribution in [3.05, 3.63) is 47.3 Å². The summed E-state index contributed by atoms with van der Waals surface area (Å²) in [6, 6.07) is 3.36. The molecule has 0 spiro atoms. The Morgan fingerprint density at radius 1 is 1.13 bits per heavy atom. The molecule has 1 aromatic carbocycles. The number of halogens is 6. The summed E-state index contributed by atoms with van der Waals surface area (Å²) in [6.45, 7) is 2.07. The van der Waals surface area contributed by atoms with E-state index in [0.29, 0.717) is 23.1 Å². The molecule has 31 heavy (non-hydrogen) atoms. The Labute approximate surface area is 175 Å². The number of alkyl halides is 6. The van der Waals surface area contributed by atoms with E-state index in [2.05, 4.69) is 15.3 Å². The molecule has 0 bridgehead atoms. The van der Waals surface area contributed by atoms with Gasteiger partial charge in [0.1, 0.15) is 0 Å². The third-order valence-electron chi connectivity index (χ3n) is 5.38. The first-order valence-corrected chi connectivity index (χ1v) is 9.76. The van der Waals surface area contributed by atoms with Crippen LogP contribution in [0, 0.1) is 5.92 Å². The summed E-state index contributed by atoms with van der Waals surface area (Å²) < 4.78 is 80.3. The van der Waals surface area contributed by atoms with Crippen LogP contribution in [-0.2, 0) is 12.4 Å². The summed E-state index contributed by atoms with van der Waals surface area (Å²) in [5.41, 5.74) is -3.69. The predicted molar refractivity (Wildman–Crippen MR) is 101 cm³/mol. The predicted octanol–water partition coefficient (Wildman–Crippen LogP) is 4.37. The molecule has 1 aliphatic heterocycles. The van der Waals surface area contributed by atoms with Crippen LogP contribution >= 0.6 is 0 Å². The van der Waals surface area contributed by atoms with Gasteiger partial charge in [-0.15, -0.1) is 0 Å². The van der Waals surface area contributed by atoms with Gasteiger partial charge in [0.2, 0.25) is 0 Å². The fourth-order valence-corrected chi connectivity index (χ4v) is 3.63. The molecule has 2 aromatic rings. The maximum absolute atomic E-state index is 13.7. The summed E-state index contributed by atoms with van der Waals surface area (Å²) >= 11 is 0. The molecule has 0 aliphatic carbocycles. The number of hydrogen-bond acceptors (Lipinski definition) is 3. The molecule has 0 atom stereocenters. The molecule has 1 amide bonds. The van der Waals surface area contributed by atoms with Gasteiger partial charge in [-0.2, -0.15) is 31.4 Å². The van der Waals surface area contributed by atoms with Crippen LogP contribution < -0.4 is 5.32 Å². The number of piperidine rings is 1. The Morgan fingerprint density at radius 3 is 2.42 bits per heavy atom. The zero-order valence-corrected chi connectivity index (χ0v) is 16.7. The van der Waals surface area contributed by atoms with Gasteiger partial charge in [0.05, 0.1) is 23.0 Å². The minimum absolute atomic E-state index is 0.208. The van der Waals surface area contributed by atoms with Gasteiger partial charge >= 0.3 is 12.4 Å². The lowest BCUT2D eigenvalue weighted by Crippen LogP contribution is -2.33. The summed E-state index contributed by atoms with van der Waals surface area (Å²) in [5, 5.41) is 6.05. The van der Waals surface area contributed by atoms with Crippen LogP contribution in [0.3, 0.4) is 0 Å². The van der Waals surface area contributed by atoms with Gasteiger partial charge in [0, 0.05) is 6.54 Å². The van der Waals surface area contributed by atoms with Crippen LogP contribution in [0.5, 0.6) is 0 Å². The molecular formula is C20H22F6N4O. The molecule has 0 radical (unpaired) electrons. The minimum atomic E-state index is -4.99. The van der Waals surface area contributed by atoms with Crippen LogP contribution in [-0.4, -0.2) is 47.3 Å². The monoisotopic (exact) mass is 448 g/mol. The number of carbonyl (C=O) groups is 1. The van der Waals surface area contributed by atoms with Crippen LogP contribution in [0.25, 0.3) is 5.69 Å². The highest BCUT2D eigenvalue weighted by molar-refractivity contribution is 5.95. The van der Waals surface area contributed by atoms with E-state index in [9.17, 15) is 31.1 Å². The fraction of sp³-hybridized carbons (Fsp3) is 0.500. The van der Waals surface area contributed by atoms with E-state index >= 15 is 0 Å². The molecule has 1 N–H and O–H groups in total. The maximum atomic E-state index is 13.7.